The molecule has 0 spiro atoms. The summed E-state index contributed by atoms with van der Waals surface area (Å²) in [6.07, 6.45) is 0. The molecular formula is C13H16N2O2S2. The fourth-order valence-electron chi connectivity index (χ4n) is 1.66. The summed E-state index contributed by atoms with van der Waals surface area (Å²) in [5.41, 5.74) is 7.29. The molecule has 0 aliphatic heterocycles. The van der Waals surface area contributed by atoms with Crippen molar-refractivity contribution in [2.45, 2.75) is 24.5 Å². The number of hydrogen-bond acceptors (Lipinski definition) is 5. The van der Waals surface area contributed by atoms with Crippen molar-refractivity contribution in [1.82, 2.24) is 4.98 Å². The summed E-state index contributed by atoms with van der Waals surface area (Å²) in [5.74, 6) is 0.961. The van der Waals surface area contributed by atoms with Crippen molar-refractivity contribution in [3.05, 3.63) is 33.8 Å². The molecular weight excluding hydrogens is 280 g/mol. The summed E-state index contributed by atoms with van der Waals surface area (Å²) in [6, 6.07) is 5.16. The van der Waals surface area contributed by atoms with Crippen LogP contribution in [0.15, 0.2) is 23.1 Å². The number of hydrogen-bond donors (Lipinski definition) is 1. The number of nitrogens with zero attached hydrogens (tertiary/aromatic N) is 1. The Balaban J connectivity index is 2.24. The maximum absolute atomic E-state index is 12.4. The first-order valence-electron chi connectivity index (χ1n) is 5.76. The van der Waals surface area contributed by atoms with Crippen molar-refractivity contribution in [1.29, 1.82) is 0 Å². The minimum absolute atomic E-state index is 0.402. The van der Waals surface area contributed by atoms with Crippen molar-refractivity contribution in [3.8, 4) is 5.75 Å². The highest BCUT2D eigenvalue weighted by atomic mass is 32.2. The molecule has 0 aliphatic carbocycles. The normalized spacial score (nSPS) is 12.4. The number of benzene rings is 1. The Labute approximate surface area is 119 Å². The average Bonchev–Trinajstić information content (AvgIpc) is 2.67. The molecule has 0 amide bonds. The number of ether oxygens (including phenoxy) is 1. The first kappa shape index (κ1) is 14.0. The van der Waals surface area contributed by atoms with Crippen LogP contribution >= 0.6 is 11.3 Å². The predicted octanol–water partition coefficient (Wildman–Crippen LogP) is 2.66. The molecule has 0 fully saturated rings. The summed E-state index contributed by atoms with van der Waals surface area (Å²) in [7, 11) is 0.367. The van der Waals surface area contributed by atoms with Crippen molar-refractivity contribution in [3.63, 3.8) is 0 Å². The van der Waals surface area contributed by atoms with E-state index in [4.69, 9.17) is 10.5 Å². The molecule has 0 saturated heterocycles. The third kappa shape index (κ3) is 3.13. The fourth-order valence-corrected chi connectivity index (χ4v) is 3.98. The number of thiazole rings is 1. The first-order valence-corrected chi connectivity index (χ1v) is 7.89. The molecule has 4 nitrogen and oxygen atoms in total. The SMILES string of the molecule is COc1cc(N)ccc1S(=O)Cc1nc(C)c(C)s1. The van der Waals surface area contributed by atoms with Gasteiger partial charge in [0.05, 0.1) is 34.3 Å². The minimum Gasteiger partial charge on any atom is -0.495 e. The van der Waals surface area contributed by atoms with E-state index in [0.717, 1.165) is 15.6 Å². The molecule has 0 aliphatic rings. The second-order valence-electron chi connectivity index (χ2n) is 4.15. The molecule has 0 saturated carbocycles. The van der Waals surface area contributed by atoms with Gasteiger partial charge in [0.1, 0.15) is 10.8 Å². The lowest BCUT2D eigenvalue weighted by Crippen LogP contribution is -2.00. The van der Waals surface area contributed by atoms with E-state index in [1.807, 2.05) is 13.8 Å². The molecule has 2 aromatic rings. The molecule has 0 bridgehead atoms. The van der Waals surface area contributed by atoms with Crippen LogP contribution in [0.4, 0.5) is 5.69 Å². The van der Waals surface area contributed by atoms with Gasteiger partial charge in [-0.15, -0.1) is 11.3 Å². The van der Waals surface area contributed by atoms with E-state index in [1.165, 1.54) is 0 Å². The number of nitrogens with two attached hydrogens (primary N) is 1. The van der Waals surface area contributed by atoms with E-state index in [0.29, 0.717) is 22.1 Å². The lowest BCUT2D eigenvalue weighted by molar-refractivity contribution is 0.404. The van der Waals surface area contributed by atoms with Gasteiger partial charge in [0.25, 0.3) is 0 Å². The summed E-state index contributed by atoms with van der Waals surface area (Å²) in [5, 5.41) is 0.882. The number of aromatic nitrogens is 1. The van der Waals surface area contributed by atoms with E-state index < -0.39 is 10.8 Å². The number of rotatable bonds is 4. The van der Waals surface area contributed by atoms with Gasteiger partial charge in [-0.3, -0.25) is 4.21 Å². The van der Waals surface area contributed by atoms with Gasteiger partial charge >= 0.3 is 0 Å². The molecule has 1 aromatic carbocycles. The van der Waals surface area contributed by atoms with Crippen molar-refractivity contribution < 1.29 is 8.95 Å². The van der Waals surface area contributed by atoms with Gasteiger partial charge in [0.2, 0.25) is 0 Å². The predicted molar refractivity (Wildman–Crippen MR) is 79.1 cm³/mol. The lowest BCUT2D eigenvalue weighted by atomic mass is 10.3. The molecule has 1 unspecified atom stereocenters. The van der Waals surface area contributed by atoms with E-state index in [2.05, 4.69) is 4.98 Å². The van der Waals surface area contributed by atoms with Crippen molar-refractivity contribution in [2.24, 2.45) is 0 Å². The Morgan fingerprint density at radius 2 is 2.16 bits per heavy atom. The number of anilines is 1. The Morgan fingerprint density at radius 1 is 1.42 bits per heavy atom. The zero-order chi connectivity index (χ0) is 14.0. The smallest absolute Gasteiger partial charge is 0.137 e. The van der Waals surface area contributed by atoms with Gasteiger partial charge in [-0.1, -0.05) is 0 Å². The molecule has 102 valence electrons. The van der Waals surface area contributed by atoms with Crippen LogP contribution in [0.3, 0.4) is 0 Å². The van der Waals surface area contributed by atoms with E-state index in [1.54, 1.807) is 36.6 Å². The quantitative estimate of drug-likeness (QED) is 0.881. The molecule has 1 aromatic heterocycles. The van der Waals surface area contributed by atoms with Gasteiger partial charge in [-0.25, -0.2) is 4.98 Å². The zero-order valence-electron chi connectivity index (χ0n) is 11.1. The average molecular weight is 296 g/mol. The molecule has 6 heteroatoms. The third-order valence-electron chi connectivity index (χ3n) is 2.76. The fraction of sp³-hybridized carbons (Fsp3) is 0.308. The van der Waals surface area contributed by atoms with Crippen LogP contribution in [0, 0.1) is 13.8 Å². The van der Waals surface area contributed by atoms with Crippen LogP contribution in [0.2, 0.25) is 0 Å². The maximum atomic E-state index is 12.4. The number of nitrogen functional groups attached to an aromatic ring is 1. The maximum Gasteiger partial charge on any atom is 0.137 e. The molecule has 19 heavy (non-hydrogen) atoms. The van der Waals surface area contributed by atoms with Crippen molar-refractivity contribution in [2.75, 3.05) is 12.8 Å². The molecule has 2 rings (SSSR count). The van der Waals surface area contributed by atoms with E-state index in [9.17, 15) is 4.21 Å². The van der Waals surface area contributed by atoms with Crippen LogP contribution in [-0.2, 0) is 16.6 Å². The molecule has 0 radical (unpaired) electrons. The second kappa shape index (κ2) is 5.71. The summed E-state index contributed by atoms with van der Waals surface area (Å²) >= 11 is 1.58. The highest BCUT2D eigenvalue weighted by molar-refractivity contribution is 7.84. The Morgan fingerprint density at radius 3 is 2.74 bits per heavy atom. The van der Waals surface area contributed by atoms with Crippen LogP contribution in [0.25, 0.3) is 0 Å². The Bertz CT molecular complexity index is 604. The first-order chi connectivity index (χ1) is 9.01. The summed E-state index contributed by atoms with van der Waals surface area (Å²) < 4.78 is 17.6. The van der Waals surface area contributed by atoms with E-state index in [-0.39, 0.29) is 0 Å². The zero-order valence-corrected chi connectivity index (χ0v) is 12.7. The van der Waals surface area contributed by atoms with Gasteiger partial charge in [0.15, 0.2) is 0 Å². The molecule has 1 atom stereocenters. The molecule has 2 N–H and O–H groups in total. The van der Waals surface area contributed by atoms with Crippen LogP contribution in [0.1, 0.15) is 15.6 Å². The minimum atomic E-state index is -1.18. The van der Waals surface area contributed by atoms with Crippen LogP contribution in [-0.4, -0.2) is 16.3 Å². The summed E-state index contributed by atoms with van der Waals surface area (Å²) in [4.78, 5) is 6.23. The highest BCUT2D eigenvalue weighted by Crippen LogP contribution is 2.27. The number of methoxy groups -OCH3 is 1. The topological polar surface area (TPSA) is 65.2 Å². The van der Waals surface area contributed by atoms with Crippen LogP contribution in [0.5, 0.6) is 5.75 Å². The van der Waals surface area contributed by atoms with Crippen LogP contribution < -0.4 is 10.5 Å². The second-order valence-corrected chi connectivity index (χ2v) is 6.86. The number of aryl methyl sites for hydroxylation is 2. The summed E-state index contributed by atoms with van der Waals surface area (Å²) in [6.45, 7) is 3.98. The van der Waals surface area contributed by atoms with Gasteiger partial charge in [0, 0.05) is 16.6 Å². The third-order valence-corrected chi connectivity index (χ3v) is 5.38. The molecule has 1 heterocycles. The van der Waals surface area contributed by atoms with Gasteiger partial charge in [-0.05, 0) is 26.0 Å². The van der Waals surface area contributed by atoms with Gasteiger partial charge in [-0.2, -0.15) is 0 Å². The van der Waals surface area contributed by atoms with Gasteiger partial charge < -0.3 is 10.5 Å². The Hall–Kier alpha value is -1.40. The standard InChI is InChI=1S/C13H16N2O2S2/c1-8-9(2)18-13(15-8)7-19(16)12-5-4-10(14)6-11(12)17-3/h4-6H,7,14H2,1-3H3. The van der Waals surface area contributed by atoms with E-state index >= 15 is 0 Å². The Kier molecular flexibility index (Phi) is 4.21. The highest BCUT2D eigenvalue weighted by Gasteiger charge is 2.14. The lowest BCUT2D eigenvalue weighted by Gasteiger charge is -2.08. The van der Waals surface area contributed by atoms with Crippen molar-refractivity contribution >= 4 is 27.8 Å². The monoisotopic (exact) mass is 296 g/mol. The largest absolute Gasteiger partial charge is 0.495 e.